The third-order valence-electron chi connectivity index (χ3n) is 6.41. The van der Waals surface area contributed by atoms with Crippen molar-refractivity contribution in [3.63, 3.8) is 0 Å². The normalized spacial score (nSPS) is 18.5. The van der Waals surface area contributed by atoms with Crippen LogP contribution in [-0.4, -0.2) is 60.0 Å². The maximum atomic E-state index is 11.7. The topological polar surface area (TPSA) is 100 Å². The molecule has 8 heteroatoms. The Labute approximate surface area is 188 Å². The Balaban J connectivity index is 1.49. The average Bonchev–Trinajstić information content (AvgIpc) is 3.15. The summed E-state index contributed by atoms with van der Waals surface area (Å²) in [6, 6.07) is 7.64. The number of rotatable bonds is 7. The number of aryl methyl sites for hydroxylation is 1. The summed E-state index contributed by atoms with van der Waals surface area (Å²) in [4.78, 5) is 22.7. The largest absolute Gasteiger partial charge is 0.488 e. The molecule has 0 bridgehead atoms. The van der Waals surface area contributed by atoms with Gasteiger partial charge in [0.1, 0.15) is 24.0 Å². The summed E-state index contributed by atoms with van der Waals surface area (Å²) in [6.45, 7) is 6.07. The number of amides is 1. The number of benzene rings is 1. The highest BCUT2D eigenvalue weighted by Gasteiger charge is 2.40. The summed E-state index contributed by atoms with van der Waals surface area (Å²) in [5, 5.41) is 12.0. The lowest BCUT2D eigenvalue weighted by atomic mass is 9.86. The van der Waals surface area contributed by atoms with E-state index in [1.54, 1.807) is 7.11 Å². The molecule has 2 aliphatic heterocycles. The Morgan fingerprint density at radius 3 is 2.72 bits per heavy atom. The quantitative estimate of drug-likeness (QED) is 0.646. The number of hydrogen-bond acceptors (Lipinski definition) is 7. The van der Waals surface area contributed by atoms with E-state index in [2.05, 4.69) is 20.2 Å². The molecule has 32 heavy (non-hydrogen) atoms. The Kier molecular flexibility index (Phi) is 6.41. The predicted molar refractivity (Wildman–Crippen MR) is 123 cm³/mol. The van der Waals surface area contributed by atoms with E-state index in [4.69, 9.17) is 14.9 Å². The third kappa shape index (κ3) is 4.75. The van der Waals surface area contributed by atoms with Crippen molar-refractivity contribution in [2.45, 2.75) is 51.2 Å². The Morgan fingerprint density at radius 1 is 1.25 bits per heavy atom. The van der Waals surface area contributed by atoms with Crippen molar-refractivity contribution in [3.05, 3.63) is 47.4 Å². The van der Waals surface area contributed by atoms with Crippen LogP contribution in [0.5, 0.6) is 5.75 Å². The number of nitrogens with zero attached hydrogens (tertiary/aromatic N) is 3. The number of ether oxygens (including phenoxy) is 2. The zero-order valence-electron chi connectivity index (χ0n) is 19.0. The standard InChI is InChI=1S/C24H31N5O3/c1-16-4-5-18(32-17(2)14-31-3)12-19(16)23(25)20-13-21(27-15-26-20)29-10-8-24(9-11-29)7-6-22(30)28-24/h4-5,12-13,15,17,25H,6-11,14H2,1-3H3,(H,28,30)/t17-/m0/s1. The lowest BCUT2D eigenvalue weighted by Crippen LogP contribution is -2.51. The van der Waals surface area contributed by atoms with E-state index >= 15 is 0 Å². The van der Waals surface area contributed by atoms with Crippen molar-refractivity contribution < 1.29 is 14.3 Å². The molecule has 0 radical (unpaired) electrons. The lowest BCUT2D eigenvalue weighted by molar-refractivity contribution is -0.119. The first kappa shape index (κ1) is 22.2. The number of anilines is 1. The summed E-state index contributed by atoms with van der Waals surface area (Å²) < 4.78 is 11.1. The van der Waals surface area contributed by atoms with Gasteiger partial charge in [-0.1, -0.05) is 6.07 Å². The number of nitrogens with one attached hydrogen (secondary N) is 2. The molecule has 170 valence electrons. The first-order valence-electron chi connectivity index (χ1n) is 11.1. The van der Waals surface area contributed by atoms with E-state index in [9.17, 15) is 4.79 Å². The molecule has 1 aromatic carbocycles. The SMILES string of the molecule is COC[C@H](C)Oc1ccc(C)c(C(=N)c2cc(N3CCC4(CCC(=O)N4)CC3)ncn2)c1. The average molecular weight is 438 g/mol. The lowest BCUT2D eigenvalue weighted by Gasteiger charge is -2.39. The molecular formula is C24H31N5O3. The van der Waals surface area contributed by atoms with E-state index < -0.39 is 0 Å². The number of carbonyl (C=O) groups is 1. The van der Waals surface area contributed by atoms with Crippen LogP contribution in [0.3, 0.4) is 0 Å². The van der Waals surface area contributed by atoms with E-state index in [0.717, 1.165) is 49.3 Å². The molecule has 0 unspecified atom stereocenters. The van der Waals surface area contributed by atoms with Crippen LogP contribution in [0.25, 0.3) is 0 Å². The Morgan fingerprint density at radius 2 is 2.03 bits per heavy atom. The molecule has 2 aromatic rings. The molecule has 2 aliphatic rings. The first-order chi connectivity index (χ1) is 15.4. The highest BCUT2D eigenvalue weighted by atomic mass is 16.5. The van der Waals surface area contributed by atoms with Crippen LogP contribution in [0.1, 0.15) is 49.4 Å². The summed E-state index contributed by atoms with van der Waals surface area (Å²) in [7, 11) is 1.65. The van der Waals surface area contributed by atoms with Crippen LogP contribution in [0.2, 0.25) is 0 Å². The minimum Gasteiger partial charge on any atom is -0.488 e. The number of hydrogen-bond donors (Lipinski definition) is 2. The maximum Gasteiger partial charge on any atom is 0.220 e. The summed E-state index contributed by atoms with van der Waals surface area (Å²) in [5.74, 6) is 1.68. The van der Waals surface area contributed by atoms with E-state index in [0.29, 0.717) is 30.2 Å². The molecule has 1 spiro atoms. The van der Waals surface area contributed by atoms with Gasteiger partial charge >= 0.3 is 0 Å². The molecule has 2 fully saturated rings. The van der Waals surface area contributed by atoms with Crippen molar-refractivity contribution in [2.24, 2.45) is 0 Å². The van der Waals surface area contributed by atoms with Crippen LogP contribution in [0, 0.1) is 12.3 Å². The van der Waals surface area contributed by atoms with Gasteiger partial charge in [0.25, 0.3) is 0 Å². The van der Waals surface area contributed by atoms with E-state index in [1.807, 2.05) is 38.1 Å². The highest BCUT2D eigenvalue weighted by Crippen LogP contribution is 2.33. The second-order valence-corrected chi connectivity index (χ2v) is 8.81. The highest BCUT2D eigenvalue weighted by molar-refractivity contribution is 6.11. The number of aromatic nitrogens is 2. The van der Waals surface area contributed by atoms with Crippen molar-refractivity contribution in [3.8, 4) is 5.75 Å². The molecule has 0 aliphatic carbocycles. The molecule has 4 rings (SSSR count). The molecule has 2 saturated heterocycles. The zero-order valence-corrected chi connectivity index (χ0v) is 19.0. The smallest absolute Gasteiger partial charge is 0.220 e. The molecule has 8 nitrogen and oxygen atoms in total. The van der Waals surface area contributed by atoms with E-state index in [-0.39, 0.29) is 17.6 Å². The van der Waals surface area contributed by atoms with Gasteiger partial charge in [-0.15, -0.1) is 0 Å². The molecule has 1 amide bonds. The van der Waals surface area contributed by atoms with E-state index in [1.165, 1.54) is 6.33 Å². The van der Waals surface area contributed by atoms with Crippen LogP contribution in [0.15, 0.2) is 30.6 Å². The predicted octanol–water partition coefficient (Wildman–Crippen LogP) is 2.86. The molecule has 0 saturated carbocycles. The van der Waals surface area contributed by atoms with Crippen LogP contribution in [-0.2, 0) is 9.53 Å². The Hall–Kier alpha value is -3.00. The van der Waals surface area contributed by atoms with Gasteiger partial charge in [0, 0.05) is 43.8 Å². The molecular weight excluding hydrogens is 406 g/mol. The second kappa shape index (κ2) is 9.24. The van der Waals surface area contributed by atoms with Crippen LogP contribution < -0.4 is 15.0 Å². The van der Waals surface area contributed by atoms with Gasteiger partial charge in [-0.2, -0.15) is 0 Å². The molecule has 1 aromatic heterocycles. The zero-order chi connectivity index (χ0) is 22.7. The first-order valence-corrected chi connectivity index (χ1v) is 11.1. The number of piperidine rings is 1. The summed E-state index contributed by atoms with van der Waals surface area (Å²) in [5.41, 5.74) is 2.64. The van der Waals surface area contributed by atoms with Crippen LogP contribution in [0.4, 0.5) is 5.82 Å². The van der Waals surface area contributed by atoms with Crippen molar-refractivity contribution in [1.29, 1.82) is 5.41 Å². The van der Waals surface area contributed by atoms with Gasteiger partial charge in [-0.05, 0) is 50.8 Å². The fourth-order valence-corrected chi connectivity index (χ4v) is 4.55. The Bertz CT molecular complexity index is 1000. The minimum absolute atomic E-state index is 0.0480. The van der Waals surface area contributed by atoms with Crippen molar-refractivity contribution >= 4 is 17.4 Å². The summed E-state index contributed by atoms with van der Waals surface area (Å²) >= 11 is 0. The van der Waals surface area contributed by atoms with Gasteiger partial charge in [0.15, 0.2) is 0 Å². The molecule has 2 N–H and O–H groups in total. The van der Waals surface area contributed by atoms with Gasteiger partial charge < -0.3 is 19.7 Å². The molecule has 1 atom stereocenters. The second-order valence-electron chi connectivity index (χ2n) is 8.81. The van der Waals surface area contributed by atoms with Crippen molar-refractivity contribution in [1.82, 2.24) is 15.3 Å². The van der Waals surface area contributed by atoms with Gasteiger partial charge in [0.2, 0.25) is 5.91 Å². The number of carbonyl (C=O) groups excluding carboxylic acids is 1. The number of methoxy groups -OCH3 is 1. The maximum absolute atomic E-state index is 11.7. The molecule has 3 heterocycles. The fourth-order valence-electron chi connectivity index (χ4n) is 4.55. The monoisotopic (exact) mass is 437 g/mol. The minimum atomic E-state index is -0.0811. The van der Waals surface area contributed by atoms with Crippen LogP contribution >= 0.6 is 0 Å². The fraction of sp³-hybridized carbons (Fsp3) is 0.500. The van der Waals surface area contributed by atoms with Gasteiger partial charge in [0.05, 0.1) is 18.0 Å². The van der Waals surface area contributed by atoms with Gasteiger partial charge in [-0.25, -0.2) is 9.97 Å². The van der Waals surface area contributed by atoms with Gasteiger partial charge in [-0.3, -0.25) is 10.2 Å². The van der Waals surface area contributed by atoms with Crippen molar-refractivity contribution in [2.75, 3.05) is 31.7 Å². The summed E-state index contributed by atoms with van der Waals surface area (Å²) in [6.07, 6.45) is 4.81. The third-order valence-corrected chi connectivity index (χ3v) is 6.41.